The number of halogens is 1. The van der Waals surface area contributed by atoms with Gasteiger partial charge in [0.15, 0.2) is 11.5 Å². The number of hydrogen-bond donors (Lipinski definition) is 0. The van der Waals surface area contributed by atoms with Crippen LogP contribution in [0.1, 0.15) is 46.9 Å². The molecule has 7 nitrogen and oxygen atoms in total. The number of carbonyl (C=O) groups is 2. The normalized spacial score (nSPS) is 14.9. The van der Waals surface area contributed by atoms with E-state index in [0.29, 0.717) is 27.8 Å². The molecule has 0 bridgehead atoms. The largest absolute Gasteiger partial charge is 0.493 e. The lowest BCUT2D eigenvalue weighted by atomic mass is 9.85. The van der Waals surface area contributed by atoms with E-state index < -0.39 is 12.0 Å². The van der Waals surface area contributed by atoms with Crippen molar-refractivity contribution in [2.75, 3.05) is 38.1 Å². The lowest BCUT2D eigenvalue weighted by molar-refractivity contribution is -0.118. The number of esters is 1. The van der Waals surface area contributed by atoms with Crippen molar-refractivity contribution in [1.82, 2.24) is 0 Å². The van der Waals surface area contributed by atoms with Crippen LogP contribution in [0.4, 0.5) is 11.4 Å². The van der Waals surface area contributed by atoms with Crippen LogP contribution in [0.15, 0.2) is 54.6 Å². The standard InChI is InChI=1S/C29H31ClN2O5/c1-17(2)37-26-16-23-18(13-25(26)35-5)14-27(33)32(21-10-8-20(9-11-21)31(3)4)28(23)22-12-7-19(30)15-24(22)29(34)36-6/h7-13,15-17,28H,14H2,1-6H3. The van der Waals surface area contributed by atoms with Crippen molar-refractivity contribution in [3.63, 3.8) is 0 Å². The van der Waals surface area contributed by atoms with Crippen molar-refractivity contribution in [3.05, 3.63) is 81.9 Å². The molecule has 0 aliphatic carbocycles. The third-order valence-electron chi connectivity index (χ3n) is 6.31. The fraction of sp³-hybridized carbons (Fsp3) is 0.310. The number of rotatable bonds is 7. The number of carbonyl (C=O) groups excluding carboxylic acids is 2. The van der Waals surface area contributed by atoms with Crippen LogP contribution >= 0.6 is 11.6 Å². The Morgan fingerprint density at radius 3 is 2.30 bits per heavy atom. The number of anilines is 2. The zero-order chi connectivity index (χ0) is 26.9. The lowest BCUT2D eigenvalue weighted by Gasteiger charge is -2.39. The molecule has 37 heavy (non-hydrogen) atoms. The second kappa shape index (κ2) is 10.7. The predicted octanol–water partition coefficient (Wildman–Crippen LogP) is 5.67. The van der Waals surface area contributed by atoms with Crippen LogP contribution in [-0.4, -0.2) is 46.3 Å². The summed E-state index contributed by atoms with van der Waals surface area (Å²) in [5.41, 5.74) is 4.24. The van der Waals surface area contributed by atoms with E-state index in [2.05, 4.69) is 0 Å². The Balaban J connectivity index is 1.99. The molecule has 3 aromatic rings. The fourth-order valence-electron chi connectivity index (χ4n) is 4.63. The number of ether oxygens (including phenoxy) is 3. The Kier molecular flexibility index (Phi) is 7.64. The zero-order valence-corrected chi connectivity index (χ0v) is 22.6. The zero-order valence-electron chi connectivity index (χ0n) is 21.9. The molecule has 0 spiro atoms. The molecule has 0 radical (unpaired) electrons. The van der Waals surface area contributed by atoms with Gasteiger partial charge in [-0.25, -0.2) is 4.79 Å². The van der Waals surface area contributed by atoms with Gasteiger partial charge in [-0.2, -0.15) is 0 Å². The number of benzene rings is 3. The van der Waals surface area contributed by atoms with Crippen molar-refractivity contribution >= 4 is 34.9 Å². The Morgan fingerprint density at radius 1 is 1.00 bits per heavy atom. The average Bonchev–Trinajstić information content (AvgIpc) is 2.87. The summed E-state index contributed by atoms with van der Waals surface area (Å²) in [6, 6.07) is 15.9. The molecule has 1 aliphatic rings. The van der Waals surface area contributed by atoms with Crippen molar-refractivity contribution < 1.29 is 23.8 Å². The van der Waals surface area contributed by atoms with E-state index in [4.69, 9.17) is 25.8 Å². The van der Waals surface area contributed by atoms with Crippen molar-refractivity contribution in [2.24, 2.45) is 0 Å². The SMILES string of the molecule is COC(=O)c1cc(Cl)ccc1C1c2cc(OC(C)C)c(OC)cc2CC(=O)N1c1ccc(N(C)C)cc1. The predicted molar refractivity (Wildman–Crippen MR) is 145 cm³/mol. The second-order valence-corrected chi connectivity index (χ2v) is 9.78. The first kappa shape index (κ1) is 26.4. The van der Waals surface area contributed by atoms with Crippen molar-refractivity contribution in [1.29, 1.82) is 0 Å². The summed E-state index contributed by atoms with van der Waals surface area (Å²) < 4.78 is 16.7. The van der Waals surface area contributed by atoms with Gasteiger partial charge in [0.25, 0.3) is 0 Å². The van der Waals surface area contributed by atoms with Crippen LogP contribution in [-0.2, 0) is 16.0 Å². The molecular weight excluding hydrogens is 492 g/mol. The smallest absolute Gasteiger partial charge is 0.338 e. The average molecular weight is 523 g/mol. The van der Waals surface area contributed by atoms with E-state index in [9.17, 15) is 9.59 Å². The highest BCUT2D eigenvalue weighted by Gasteiger charge is 2.38. The van der Waals surface area contributed by atoms with E-state index in [1.807, 2.05) is 69.2 Å². The summed E-state index contributed by atoms with van der Waals surface area (Å²) in [6.45, 7) is 3.88. The molecule has 0 saturated carbocycles. The Labute approximate surface area is 222 Å². The van der Waals surface area contributed by atoms with E-state index in [0.717, 1.165) is 16.8 Å². The number of nitrogens with zero attached hydrogens (tertiary/aromatic N) is 2. The Bertz CT molecular complexity index is 1320. The molecular formula is C29H31ClN2O5. The lowest BCUT2D eigenvalue weighted by Crippen LogP contribution is -2.41. The Hall–Kier alpha value is -3.71. The van der Waals surface area contributed by atoms with Gasteiger partial charge >= 0.3 is 5.97 Å². The molecule has 4 rings (SSSR count). The van der Waals surface area contributed by atoms with Gasteiger partial charge in [0.2, 0.25) is 5.91 Å². The van der Waals surface area contributed by atoms with Crippen LogP contribution in [0, 0.1) is 0 Å². The van der Waals surface area contributed by atoms with E-state index in [1.54, 1.807) is 30.2 Å². The minimum Gasteiger partial charge on any atom is -0.493 e. The van der Waals surface area contributed by atoms with Crippen LogP contribution in [0.2, 0.25) is 5.02 Å². The van der Waals surface area contributed by atoms with Gasteiger partial charge in [-0.05, 0) is 79.1 Å². The van der Waals surface area contributed by atoms with E-state index in [1.165, 1.54) is 7.11 Å². The van der Waals surface area contributed by atoms with Gasteiger partial charge in [-0.1, -0.05) is 17.7 Å². The van der Waals surface area contributed by atoms with Gasteiger partial charge in [0.05, 0.1) is 38.3 Å². The highest BCUT2D eigenvalue weighted by molar-refractivity contribution is 6.31. The summed E-state index contributed by atoms with van der Waals surface area (Å²) in [4.78, 5) is 30.3. The molecule has 1 aliphatic heterocycles. The Morgan fingerprint density at radius 2 is 1.70 bits per heavy atom. The minimum absolute atomic E-state index is 0.0912. The molecule has 0 saturated heterocycles. The molecule has 194 valence electrons. The maximum atomic E-state index is 13.7. The van der Waals surface area contributed by atoms with Gasteiger partial charge in [-0.15, -0.1) is 0 Å². The summed E-state index contributed by atoms with van der Waals surface area (Å²) >= 11 is 6.28. The third-order valence-corrected chi connectivity index (χ3v) is 6.55. The summed E-state index contributed by atoms with van der Waals surface area (Å²) in [5, 5.41) is 0.395. The second-order valence-electron chi connectivity index (χ2n) is 9.35. The summed E-state index contributed by atoms with van der Waals surface area (Å²) in [7, 11) is 6.81. The number of amides is 1. The van der Waals surface area contributed by atoms with Crippen molar-refractivity contribution in [3.8, 4) is 11.5 Å². The highest BCUT2D eigenvalue weighted by atomic mass is 35.5. The molecule has 1 amide bonds. The molecule has 0 fully saturated rings. The molecule has 1 unspecified atom stereocenters. The monoisotopic (exact) mass is 522 g/mol. The molecule has 0 aromatic heterocycles. The van der Waals surface area contributed by atoms with Gasteiger partial charge in [-0.3, -0.25) is 4.79 Å². The quantitative estimate of drug-likeness (QED) is 0.373. The van der Waals surface area contributed by atoms with Gasteiger partial charge < -0.3 is 24.0 Å². The molecule has 8 heteroatoms. The van der Waals surface area contributed by atoms with Crippen LogP contribution in [0.25, 0.3) is 0 Å². The van der Waals surface area contributed by atoms with E-state index >= 15 is 0 Å². The van der Waals surface area contributed by atoms with Crippen LogP contribution < -0.4 is 19.3 Å². The number of fused-ring (bicyclic) bond motifs is 1. The molecule has 1 atom stereocenters. The third kappa shape index (κ3) is 5.23. The minimum atomic E-state index is -0.631. The highest BCUT2D eigenvalue weighted by Crippen LogP contribution is 2.45. The molecule has 3 aromatic carbocycles. The molecule has 0 N–H and O–H groups in total. The number of methoxy groups -OCH3 is 2. The number of hydrogen-bond acceptors (Lipinski definition) is 6. The topological polar surface area (TPSA) is 68.3 Å². The van der Waals surface area contributed by atoms with Crippen molar-refractivity contribution in [2.45, 2.75) is 32.4 Å². The first-order chi connectivity index (χ1) is 17.6. The van der Waals surface area contributed by atoms with Gasteiger partial charge in [0.1, 0.15) is 0 Å². The maximum Gasteiger partial charge on any atom is 0.338 e. The maximum absolute atomic E-state index is 13.7. The molecule has 1 heterocycles. The van der Waals surface area contributed by atoms with Crippen LogP contribution in [0.3, 0.4) is 0 Å². The first-order valence-electron chi connectivity index (χ1n) is 12.0. The van der Waals surface area contributed by atoms with Crippen LogP contribution in [0.5, 0.6) is 11.5 Å². The fourth-order valence-corrected chi connectivity index (χ4v) is 4.80. The summed E-state index contributed by atoms with van der Waals surface area (Å²) in [6.07, 6.45) is 0.0762. The summed E-state index contributed by atoms with van der Waals surface area (Å²) in [5.74, 6) is 0.465. The first-order valence-corrected chi connectivity index (χ1v) is 12.4. The van der Waals surface area contributed by atoms with Gasteiger partial charge in [0, 0.05) is 30.5 Å². The van der Waals surface area contributed by atoms with E-state index in [-0.39, 0.29) is 24.0 Å².